The summed E-state index contributed by atoms with van der Waals surface area (Å²) in [5.41, 5.74) is 2.01. The predicted molar refractivity (Wildman–Crippen MR) is 65.6 cm³/mol. The van der Waals surface area contributed by atoms with E-state index in [4.69, 9.17) is 11.6 Å². The number of halogens is 1. The molecule has 0 saturated carbocycles. The maximum Gasteiger partial charge on any atom is 0.245 e. The van der Waals surface area contributed by atoms with Crippen LogP contribution in [0.25, 0.3) is 0 Å². The standard InChI is InChI=1S/C13H16ClNO/c1-10-6-2-3-7-11(10)12(14)13(16)15-8-4-5-9-15/h2-3,6-7,12H,4-5,8-9H2,1H3. The van der Waals surface area contributed by atoms with Crippen LogP contribution in [-0.4, -0.2) is 23.9 Å². The van der Waals surface area contributed by atoms with Crippen LogP contribution in [-0.2, 0) is 4.79 Å². The quantitative estimate of drug-likeness (QED) is 0.725. The Morgan fingerprint density at radius 3 is 2.56 bits per heavy atom. The third kappa shape index (κ3) is 2.22. The molecule has 1 fully saturated rings. The molecular weight excluding hydrogens is 222 g/mol. The van der Waals surface area contributed by atoms with Crippen LogP contribution < -0.4 is 0 Å². The van der Waals surface area contributed by atoms with Crippen LogP contribution in [0.2, 0.25) is 0 Å². The summed E-state index contributed by atoms with van der Waals surface area (Å²) in [5, 5.41) is -0.528. The predicted octanol–water partition coefficient (Wildman–Crippen LogP) is 2.90. The molecule has 2 nitrogen and oxygen atoms in total. The van der Waals surface area contributed by atoms with Crippen molar-refractivity contribution in [3.8, 4) is 0 Å². The first-order valence-electron chi connectivity index (χ1n) is 5.68. The van der Waals surface area contributed by atoms with Gasteiger partial charge in [0.15, 0.2) is 0 Å². The second kappa shape index (κ2) is 4.88. The van der Waals surface area contributed by atoms with Crippen LogP contribution in [0.3, 0.4) is 0 Å². The molecule has 1 aliphatic heterocycles. The molecule has 0 radical (unpaired) electrons. The van der Waals surface area contributed by atoms with Gasteiger partial charge in [-0.15, -0.1) is 11.6 Å². The van der Waals surface area contributed by atoms with E-state index in [0.717, 1.165) is 37.1 Å². The van der Waals surface area contributed by atoms with Crippen LogP contribution in [0.15, 0.2) is 24.3 Å². The smallest absolute Gasteiger partial charge is 0.245 e. The molecule has 1 saturated heterocycles. The van der Waals surface area contributed by atoms with E-state index < -0.39 is 5.38 Å². The van der Waals surface area contributed by atoms with Gasteiger partial charge >= 0.3 is 0 Å². The fourth-order valence-corrected chi connectivity index (χ4v) is 2.48. The van der Waals surface area contributed by atoms with Gasteiger partial charge in [-0.25, -0.2) is 0 Å². The lowest BCUT2D eigenvalue weighted by Gasteiger charge is -2.20. The summed E-state index contributed by atoms with van der Waals surface area (Å²) in [5.74, 6) is 0.0495. The SMILES string of the molecule is Cc1ccccc1C(Cl)C(=O)N1CCCC1. The molecule has 1 aliphatic rings. The van der Waals surface area contributed by atoms with Crippen molar-refractivity contribution < 1.29 is 4.79 Å². The molecule has 0 aromatic heterocycles. The monoisotopic (exact) mass is 237 g/mol. The Bertz CT molecular complexity index is 385. The fraction of sp³-hybridized carbons (Fsp3) is 0.462. The summed E-state index contributed by atoms with van der Waals surface area (Å²) in [4.78, 5) is 14.0. The maximum atomic E-state index is 12.1. The van der Waals surface area contributed by atoms with Gasteiger partial charge in [-0.3, -0.25) is 4.79 Å². The Labute approximate surface area is 101 Å². The highest BCUT2D eigenvalue weighted by atomic mass is 35.5. The van der Waals surface area contributed by atoms with E-state index in [1.54, 1.807) is 0 Å². The third-order valence-electron chi connectivity index (χ3n) is 3.10. The number of nitrogens with zero attached hydrogens (tertiary/aromatic N) is 1. The Morgan fingerprint density at radius 2 is 1.94 bits per heavy atom. The average Bonchev–Trinajstić information content (AvgIpc) is 2.81. The van der Waals surface area contributed by atoms with Crippen LogP contribution in [0, 0.1) is 6.92 Å². The second-order valence-corrected chi connectivity index (χ2v) is 4.69. The average molecular weight is 238 g/mol. The molecule has 1 heterocycles. The number of carbonyl (C=O) groups is 1. The number of alkyl halides is 1. The minimum Gasteiger partial charge on any atom is -0.341 e. The highest BCUT2D eigenvalue weighted by Gasteiger charge is 2.26. The number of benzene rings is 1. The largest absolute Gasteiger partial charge is 0.341 e. The molecule has 1 unspecified atom stereocenters. The molecule has 3 heteroatoms. The number of hydrogen-bond donors (Lipinski definition) is 0. The lowest BCUT2D eigenvalue weighted by molar-refractivity contribution is -0.129. The van der Waals surface area contributed by atoms with Crippen LogP contribution in [0.5, 0.6) is 0 Å². The Balaban J connectivity index is 2.15. The van der Waals surface area contributed by atoms with Crippen molar-refractivity contribution >= 4 is 17.5 Å². The van der Waals surface area contributed by atoms with E-state index in [2.05, 4.69) is 0 Å². The van der Waals surface area contributed by atoms with E-state index in [0.29, 0.717) is 0 Å². The van der Waals surface area contributed by atoms with Gasteiger partial charge in [0, 0.05) is 13.1 Å². The highest BCUT2D eigenvalue weighted by Crippen LogP contribution is 2.27. The topological polar surface area (TPSA) is 20.3 Å². The third-order valence-corrected chi connectivity index (χ3v) is 3.52. The summed E-state index contributed by atoms with van der Waals surface area (Å²) in [6, 6.07) is 7.81. The molecule has 0 N–H and O–H groups in total. The fourth-order valence-electron chi connectivity index (χ4n) is 2.10. The summed E-state index contributed by atoms with van der Waals surface area (Å²) in [6.07, 6.45) is 2.20. The normalized spacial score (nSPS) is 17.5. The molecule has 2 rings (SSSR count). The van der Waals surface area contributed by atoms with Crippen molar-refractivity contribution in [1.29, 1.82) is 0 Å². The Hall–Kier alpha value is -1.02. The minimum absolute atomic E-state index is 0.0495. The first kappa shape index (κ1) is 11.5. The molecule has 1 aromatic rings. The Morgan fingerprint density at radius 1 is 1.31 bits per heavy atom. The van der Waals surface area contributed by atoms with Gasteiger partial charge in [-0.1, -0.05) is 24.3 Å². The van der Waals surface area contributed by atoms with Crippen LogP contribution in [0.1, 0.15) is 29.3 Å². The first-order chi connectivity index (χ1) is 7.70. The van der Waals surface area contributed by atoms with Crippen molar-refractivity contribution in [3.05, 3.63) is 35.4 Å². The number of carbonyl (C=O) groups excluding carboxylic acids is 1. The van der Waals surface area contributed by atoms with Gasteiger partial charge in [0.05, 0.1) is 0 Å². The van der Waals surface area contributed by atoms with Gasteiger partial charge in [0.25, 0.3) is 0 Å². The Kier molecular flexibility index (Phi) is 3.49. The number of amides is 1. The van der Waals surface area contributed by atoms with E-state index in [1.165, 1.54) is 0 Å². The molecular formula is C13H16ClNO. The number of hydrogen-bond acceptors (Lipinski definition) is 1. The van der Waals surface area contributed by atoms with Crippen molar-refractivity contribution in [1.82, 2.24) is 4.90 Å². The van der Waals surface area contributed by atoms with Crippen LogP contribution in [0.4, 0.5) is 0 Å². The molecule has 0 aliphatic carbocycles. The zero-order chi connectivity index (χ0) is 11.5. The molecule has 0 spiro atoms. The zero-order valence-corrected chi connectivity index (χ0v) is 10.2. The van der Waals surface area contributed by atoms with Gasteiger partial charge in [0.2, 0.25) is 5.91 Å². The van der Waals surface area contributed by atoms with Crippen molar-refractivity contribution in [2.45, 2.75) is 25.1 Å². The van der Waals surface area contributed by atoms with Gasteiger partial charge < -0.3 is 4.90 Å². The van der Waals surface area contributed by atoms with Gasteiger partial charge in [-0.05, 0) is 30.9 Å². The summed E-state index contributed by atoms with van der Waals surface area (Å²) >= 11 is 6.25. The lowest BCUT2D eigenvalue weighted by Crippen LogP contribution is -2.30. The van der Waals surface area contributed by atoms with Crippen molar-refractivity contribution in [3.63, 3.8) is 0 Å². The highest BCUT2D eigenvalue weighted by molar-refractivity contribution is 6.30. The summed E-state index contributed by atoms with van der Waals surface area (Å²) in [7, 11) is 0. The summed E-state index contributed by atoms with van der Waals surface area (Å²) < 4.78 is 0. The molecule has 86 valence electrons. The number of aryl methyl sites for hydroxylation is 1. The molecule has 16 heavy (non-hydrogen) atoms. The van der Waals surface area contributed by atoms with Gasteiger partial charge in [0.1, 0.15) is 5.38 Å². The van der Waals surface area contributed by atoms with Gasteiger partial charge in [-0.2, -0.15) is 0 Å². The van der Waals surface area contributed by atoms with Crippen LogP contribution >= 0.6 is 11.6 Å². The molecule has 1 amide bonds. The van der Waals surface area contributed by atoms with E-state index in [-0.39, 0.29) is 5.91 Å². The molecule has 1 atom stereocenters. The van der Waals surface area contributed by atoms with E-state index in [9.17, 15) is 4.79 Å². The van der Waals surface area contributed by atoms with E-state index in [1.807, 2.05) is 36.1 Å². The first-order valence-corrected chi connectivity index (χ1v) is 6.12. The number of rotatable bonds is 2. The number of likely N-dealkylation sites (tertiary alicyclic amines) is 1. The minimum atomic E-state index is -0.528. The lowest BCUT2D eigenvalue weighted by atomic mass is 10.1. The zero-order valence-electron chi connectivity index (χ0n) is 9.45. The summed E-state index contributed by atoms with van der Waals surface area (Å²) in [6.45, 7) is 3.70. The molecule has 1 aromatic carbocycles. The van der Waals surface area contributed by atoms with Crippen molar-refractivity contribution in [2.75, 3.05) is 13.1 Å². The maximum absolute atomic E-state index is 12.1. The second-order valence-electron chi connectivity index (χ2n) is 4.25. The van der Waals surface area contributed by atoms with Crippen molar-refractivity contribution in [2.24, 2.45) is 0 Å². The van der Waals surface area contributed by atoms with E-state index >= 15 is 0 Å². The molecule has 0 bridgehead atoms.